The van der Waals surface area contributed by atoms with Gasteiger partial charge < -0.3 is 0 Å². The van der Waals surface area contributed by atoms with Crippen molar-refractivity contribution in [2.24, 2.45) is 0 Å². The predicted molar refractivity (Wildman–Crippen MR) is 43.8 cm³/mol. The second kappa shape index (κ2) is 5.04. The number of hydrogen-bond donors (Lipinski definition) is 0. The van der Waals surface area contributed by atoms with Crippen LogP contribution in [0.1, 0.15) is 11.1 Å². The van der Waals surface area contributed by atoms with Gasteiger partial charge in [0, 0.05) is 24.8 Å². The molecule has 0 heterocycles. The SMILES string of the molecule is Cc1ccc(CBr)cc1.[Zn]. The smallest absolute Gasteiger partial charge is 0.0283 e. The van der Waals surface area contributed by atoms with Crippen molar-refractivity contribution < 1.29 is 19.5 Å². The summed E-state index contributed by atoms with van der Waals surface area (Å²) in [6, 6.07) is 8.50. The topological polar surface area (TPSA) is 0 Å². The van der Waals surface area contributed by atoms with Crippen LogP contribution in [0.3, 0.4) is 0 Å². The third-order valence-electron chi connectivity index (χ3n) is 1.27. The van der Waals surface area contributed by atoms with E-state index in [4.69, 9.17) is 0 Å². The second-order valence-electron chi connectivity index (χ2n) is 2.12. The average Bonchev–Trinajstić information content (AvgIpc) is 1.90. The molecule has 0 saturated heterocycles. The van der Waals surface area contributed by atoms with Crippen LogP contribution in [0.25, 0.3) is 0 Å². The van der Waals surface area contributed by atoms with Crippen LogP contribution in [0.4, 0.5) is 0 Å². The van der Waals surface area contributed by atoms with Gasteiger partial charge in [-0.15, -0.1) is 0 Å². The molecule has 0 unspecified atom stereocenters. The summed E-state index contributed by atoms with van der Waals surface area (Å²) in [5.41, 5.74) is 2.65. The van der Waals surface area contributed by atoms with Crippen molar-refractivity contribution in [2.45, 2.75) is 12.3 Å². The fraction of sp³-hybridized carbons (Fsp3) is 0.250. The zero-order valence-corrected chi connectivity index (χ0v) is 10.7. The zero-order valence-electron chi connectivity index (χ0n) is 6.10. The summed E-state index contributed by atoms with van der Waals surface area (Å²) in [5.74, 6) is 0. The molecular weight excluding hydrogens is 241 g/mol. The molecule has 1 rings (SSSR count). The normalized spacial score (nSPS) is 8.60. The molecular formula is C8H9BrZn. The maximum Gasteiger partial charge on any atom is 0.0283 e. The van der Waals surface area contributed by atoms with Crippen LogP contribution in [-0.2, 0) is 24.8 Å². The Morgan fingerprint density at radius 2 is 1.70 bits per heavy atom. The van der Waals surface area contributed by atoms with Gasteiger partial charge in [-0.05, 0) is 12.5 Å². The molecule has 0 radical (unpaired) electrons. The van der Waals surface area contributed by atoms with Crippen LogP contribution >= 0.6 is 15.9 Å². The molecule has 0 nitrogen and oxygen atoms in total. The molecule has 2 heteroatoms. The summed E-state index contributed by atoms with van der Waals surface area (Å²) >= 11 is 3.38. The monoisotopic (exact) mass is 248 g/mol. The summed E-state index contributed by atoms with van der Waals surface area (Å²) in [6.45, 7) is 2.10. The van der Waals surface area contributed by atoms with Gasteiger partial charge in [-0.25, -0.2) is 0 Å². The molecule has 0 fully saturated rings. The first kappa shape index (κ1) is 10.3. The van der Waals surface area contributed by atoms with E-state index in [-0.39, 0.29) is 19.5 Å². The Morgan fingerprint density at radius 1 is 1.20 bits per heavy atom. The van der Waals surface area contributed by atoms with Gasteiger partial charge in [0.1, 0.15) is 0 Å². The predicted octanol–water partition coefficient (Wildman–Crippen LogP) is 2.89. The van der Waals surface area contributed by atoms with Crippen molar-refractivity contribution in [2.75, 3.05) is 0 Å². The molecule has 1 aromatic rings. The molecule has 0 aliphatic rings. The quantitative estimate of drug-likeness (QED) is 0.531. The summed E-state index contributed by atoms with van der Waals surface area (Å²) in [4.78, 5) is 0. The van der Waals surface area contributed by atoms with Gasteiger partial charge in [-0.1, -0.05) is 45.8 Å². The first-order valence-electron chi connectivity index (χ1n) is 2.94. The molecule has 1 aromatic carbocycles. The number of hydrogen-bond acceptors (Lipinski definition) is 0. The van der Waals surface area contributed by atoms with Crippen molar-refractivity contribution in [1.29, 1.82) is 0 Å². The molecule has 0 spiro atoms. The van der Waals surface area contributed by atoms with Crippen LogP contribution < -0.4 is 0 Å². The van der Waals surface area contributed by atoms with Crippen LogP contribution in [-0.4, -0.2) is 0 Å². The Morgan fingerprint density at radius 3 is 2.10 bits per heavy atom. The van der Waals surface area contributed by atoms with E-state index in [0.717, 1.165) is 5.33 Å². The van der Waals surface area contributed by atoms with Crippen molar-refractivity contribution in [3.63, 3.8) is 0 Å². The van der Waals surface area contributed by atoms with E-state index in [1.807, 2.05) is 0 Å². The molecule has 0 saturated carbocycles. The molecule has 0 aliphatic heterocycles. The van der Waals surface area contributed by atoms with Gasteiger partial charge in [0.2, 0.25) is 0 Å². The number of aryl methyl sites for hydroxylation is 1. The molecule has 0 aromatic heterocycles. The minimum Gasteiger partial charge on any atom is -0.0876 e. The van der Waals surface area contributed by atoms with E-state index < -0.39 is 0 Å². The second-order valence-corrected chi connectivity index (χ2v) is 2.68. The number of rotatable bonds is 1. The zero-order chi connectivity index (χ0) is 6.69. The average molecular weight is 250 g/mol. The van der Waals surface area contributed by atoms with Gasteiger partial charge in [-0.3, -0.25) is 0 Å². The summed E-state index contributed by atoms with van der Waals surface area (Å²) in [6.07, 6.45) is 0. The van der Waals surface area contributed by atoms with Crippen LogP contribution in [0.2, 0.25) is 0 Å². The first-order valence-corrected chi connectivity index (χ1v) is 4.06. The van der Waals surface area contributed by atoms with Crippen LogP contribution in [0.5, 0.6) is 0 Å². The number of halogens is 1. The Bertz CT molecular complexity index is 181. The van der Waals surface area contributed by atoms with E-state index in [2.05, 4.69) is 47.1 Å². The van der Waals surface area contributed by atoms with E-state index in [1.54, 1.807) is 0 Å². The van der Waals surface area contributed by atoms with Gasteiger partial charge in [-0.2, -0.15) is 0 Å². The summed E-state index contributed by atoms with van der Waals surface area (Å²) in [5, 5.41) is 0.952. The maximum atomic E-state index is 3.38. The van der Waals surface area contributed by atoms with Gasteiger partial charge in [0.15, 0.2) is 0 Å². The molecule has 0 atom stereocenters. The Balaban J connectivity index is 0.000000810. The van der Waals surface area contributed by atoms with E-state index >= 15 is 0 Å². The number of benzene rings is 1. The third kappa shape index (κ3) is 2.94. The first-order chi connectivity index (χ1) is 4.33. The summed E-state index contributed by atoms with van der Waals surface area (Å²) in [7, 11) is 0. The largest absolute Gasteiger partial charge is 0.0876 e. The molecule has 0 aliphatic carbocycles. The van der Waals surface area contributed by atoms with Crippen molar-refractivity contribution in [3.8, 4) is 0 Å². The van der Waals surface area contributed by atoms with Gasteiger partial charge >= 0.3 is 0 Å². The Kier molecular flexibility index (Phi) is 5.20. The van der Waals surface area contributed by atoms with E-state index in [0.29, 0.717) is 0 Å². The van der Waals surface area contributed by atoms with E-state index in [9.17, 15) is 0 Å². The molecule has 10 heavy (non-hydrogen) atoms. The van der Waals surface area contributed by atoms with Crippen LogP contribution in [0, 0.1) is 6.92 Å². The van der Waals surface area contributed by atoms with Gasteiger partial charge in [0.25, 0.3) is 0 Å². The van der Waals surface area contributed by atoms with Crippen molar-refractivity contribution in [3.05, 3.63) is 35.4 Å². The number of alkyl halides is 1. The standard InChI is InChI=1S/C8H9Br.Zn/c1-7-2-4-8(6-9)5-3-7;/h2-5H,6H2,1H3;. The molecule has 50 valence electrons. The molecule has 0 amide bonds. The minimum atomic E-state index is 0. The Labute approximate surface area is 82.9 Å². The Hall–Kier alpha value is 0.323. The van der Waals surface area contributed by atoms with Crippen molar-refractivity contribution in [1.82, 2.24) is 0 Å². The van der Waals surface area contributed by atoms with Crippen LogP contribution in [0.15, 0.2) is 24.3 Å². The van der Waals surface area contributed by atoms with Gasteiger partial charge in [0.05, 0.1) is 0 Å². The maximum absolute atomic E-state index is 3.38. The molecule has 0 N–H and O–H groups in total. The fourth-order valence-electron chi connectivity index (χ4n) is 0.677. The minimum absolute atomic E-state index is 0. The van der Waals surface area contributed by atoms with E-state index in [1.165, 1.54) is 11.1 Å². The third-order valence-corrected chi connectivity index (χ3v) is 1.92. The van der Waals surface area contributed by atoms with Crippen molar-refractivity contribution >= 4 is 15.9 Å². The fourth-order valence-corrected chi connectivity index (χ4v) is 1.05. The molecule has 0 bridgehead atoms. The summed E-state index contributed by atoms with van der Waals surface area (Å²) < 4.78 is 0.